The topological polar surface area (TPSA) is 72.1 Å². The number of halogens is 2. The Balaban J connectivity index is 1.73. The molecule has 136 valence electrons. The van der Waals surface area contributed by atoms with E-state index in [1.807, 2.05) is 13.0 Å². The second-order valence-electron chi connectivity index (χ2n) is 5.43. The van der Waals surface area contributed by atoms with E-state index in [1.165, 1.54) is 18.5 Å². The fraction of sp³-hybridized carbons (Fsp3) is 0.222. The zero-order valence-corrected chi connectivity index (χ0v) is 14.9. The Labute approximate surface area is 155 Å². The number of benzene rings is 2. The number of aromatic nitrogens is 3. The average Bonchev–Trinajstić information content (AvgIpc) is 3.15. The number of ether oxygens (including phenoxy) is 2. The van der Waals surface area contributed by atoms with E-state index < -0.39 is 0 Å². The van der Waals surface area contributed by atoms with Crippen molar-refractivity contribution >= 4 is 17.5 Å². The van der Waals surface area contributed by atoms with E-state index in [9.17, 15) is 4.39 Å². The third-order valence-electron chi connectivity index (χ3n) is 3.58. The first-order valence-electron chi connectivity index (χ1n) is 8.07. The van der Waals surface area contributed by atoms with Gasteiger partial charge in [-0.1, -0.05) is 23.7 Å². The number of nitrogens with one attached hydrogen (secondary N) is 2. The molecule has 0 fully saturated rings. The van der Waals surface area contributed by atoms with Gasteiger partial charge < -0.3 is 14.8 Å². The van der Waals surface area contributed by atoms with Crippen molar-refractivity contribution in [3.63, 3.8) is 0 Å². The van der Waals surface area contributed by atoms with Crippen LogP contribution in [0.3, 0.4) is 0 Å². The van der Waals surface area contributed by atoms with E-state index in [-0.39, 0.29) is 12.4 Å². The third kappa shape index (κ3) is 4.64. The minimum absolute atomic E-state index is 0.282. The first-order chi connectivity index (χ1) is 12.7. The van der Waals surface area contributed by atoms with Crippen molar-refractivity contribution in [3.8, 4) is 11.5 Å². The molecule has 3 aromatic rings. The lowest BCUT2D eigenvalue weighted by molar-refractivity contribution is 0.269. The molecule has 1 aromatic heterocycles. The van der Waals surface area contributed by atoms with Gasteiger partial charge in [-0.15, -0.1) is 0 Å². The van der Waals surface area contributed by atoms with Crippen LogP contribution in [0, 0.1) is 5.82 Å². The molecule has 0 aliphatic carbocycles. The van der Waals surface area contributed by atoms with E-state index in [2.05, 4.69) is 20.5 Å². The Hall–Kier alpha value is -2.80. The molecule has 0 spiro atoms. The maximum absolute atomic E-state index is 13.0. The zero-order chi connectivity index (χ0) is 18.4. The maximum atomic E-state index is 13.0. The summed E-state index contributed by atoms with van der Waals surface area (Å²) in [6, 6.07) is 9.68. The Bertz CT molecular complexity index is 841. The van der Waals surface area contributed by atoms with Gasteiger partial charge in [-0.25, -0.2) is 14.5 Å². The lowest BCUT2D eigenvalue weighted by Crippen LogP contribution is -2.05. The highest BCUT2D eigenvalue weighted by Crippen LogP contribution is 2.34. The minimum atomic E-state index is -0.282. The fourth-order valence-electron chi connectivity index (χ4n) is 2.31. The van der Waals surface area contributed by atoms with Gasteiger partial charge in [0.25, 0.3) is 0 Å². The number of rotatable bonds is 8. The quantitative estimate of drug-likeness (QED) is 0.616. The summed E-state index contributed by atoms with van der Waals surface area (Å²) in [5.74, 6) is 1.39. The van der Waals surface area contributed by atoms with Gasteiger partial charge in [-0.2, -0.15) is 5.10 Å². The van der Waals surface area contributed by atoms with Crippen molar-refractivity contribution in [2.24, 2.45) is 0 Å². The summed E-state index contributed by atoms with van der Waals surface area (Å²) >= 11 is 6.37. The minimum Gasteiger partial charge on any atom is -0.490 e. The normalized spacial score (nSPS) is 10.6. The van der Waals surface area contributed by atoms with Gasteiger partial charge in [0.2, 0.25) is 5.95 Å². The molecule has 0 aliphatic rings. The highest BCUT2D eigenvalue weighted by atomic mass is 35.5. The Morgan fingerprint density at radius 3 is 2.62 bits per heavy atom. The number of nitrogens with zero attached hydrogens (tertiary/aromatic N) is 2. The van der Waals surface area contributed by atoms with Gasteiger partial charge in [0.15, 0.2) is 11.5 Å². The molecule has 0 radical (unpaired) electrons. The second-order valence-corrected chi connectivity index (χ2v) is 5.83. The first kappa shape index (κ1) is 18.0. The smallest absolute Gasteiger partial charge is 0.218 e. The summed E-state index contributed by atoms with van der Waals surface area (Å²) in [4.78, 5) is 4.00. The van der Waals surface area contributed by atoms with Crippen LogP contribution in [0.25, 0.3) is 0 Å². The zero-order valence-electron chi connectivity index (χ0n) is 14.1. The number of hydrogen-bond acceptors (Lipinski definition) is 5. The fourth-order valence-corrected chi connectivity index (χ4v) is 2.53. The van der Waals surface area contributed by atoms with Crippen LogP contribution in [-0.2, 0) is 13.2 Å². The van der Waals surface area contributed by atoms with E-state index in [1.54, 1.807) is 18.2 Å². The largest absolute Gasteiger partial charge is 0.490 e. The molecule has 0 saturated heterocycles. The monoisotopic (exact) mass is 376 g/mol. The standard InChI is InChI=1S/C18H18ClFN4O2/c1-2-25-16-7-13(9-21-18-22-11-23-24-18)15(19)8-17(16)26-10-12-3-5-14(20)6-4-12/h3-8,11H,2,9-10H2,1H3,(H2,21,22,23,24). The van der Waals surface area contributed by atoms with Crippen molar-refractivity contribution in [3.05, 3.63) is 64.7 Å². The number of anilines is 1. The molecular formula is C18H18ClFN4O2. The molecule has 2 aromatic carbocycles. The molecule has 0 amide bonds. The van der Waals surface area contributed by atoms with Crippen LogP contribution in [0.5, 0.6) is 11.5 Å². The van der Waals surface area contributed by atoms with Gasteiger partial charge in [0.1, 0.15) is 18.8 Å². The van der Waals surface area contributed by atoms with E-state index >= 15 is 0 Å². The number of H-pyrrole nitrogens is 1. The highest BCUT2D eigenvalue weighted by Gasteiger charge is 2.12. The summed E-state index contributed by atoms with van der Waals surface area (Å²) in [5, 5.41) is 10.1. The van der Waals surface area contributed by atoms with Crippen LogP contribution >= 0.6 is 11.6 Å². The van der Waals surface area contributed by atoms with E-state index in [0.29, 0.717) is 35.6 Å². The van der Waals surface area contributed by atoms with Crippen LogP contribution in [0.4, 0.5) is 10.3 Å². The molecule has 0 bridgehead atoms. The molecule has 0 aliphatic heterocycles. The molecule has 2 N–H and O–H groups in total. The van der Waals surface area contributed by atoms with Crippen molar-refractivity contribution in [1.29, 1.82) is 0 Å². The van der Waals surface area contributed by atoms with Crippen LogP contribution in [-0.4, -0.2) is 21.8 Å². The summed E-state index contributed by atoms with van der Waals surface area (Å²) < 4.78 is 24.5. The van der Waals surface area contributed by atoms with Gasteiger partial charge >= 0.3 is 0 Å². The molecule has 6 nitrogen and oxygen atoms in total. The van der Waals surface area contributed by atoms with Gasteiger partial charge in [0, 0.05) is 17.6 Å². The molecule has 0 unspecified atom stereocenters. The molecule has 0 atom stereocenters. The van der Waals surface area contributed by atoms with Gasteiger partial charge in [0.05, 0.1) is 6.61 Å². The van der Waals surface area contributed by atoms with E-state index in [4.69, 9.17) is 21.1 Å². The Morgan fingerprint density at radius 1 is 1.15 bits per heavy atom. The maximum Gasteiger partial charge on any atom is 0.218 e. The third-order valence-corrected chi connectivity index (χ3v) is 3.93. The summed E-state index contributed by atoms with van der Waals surface area (Å²) in [7, 11) is 0. The molecule has 26 heavy (non-hydrogen) atoms. The summed E-state index contributed by atoms with van der Waals surface area (Å²) in [6.45, 7) is 3.12. The number of hydrogen-bond donors (Lipinski definition) is 2. The Kier molecular flexibility index (Phi) is 5.91. The van der Waals surface area contributed by atoms with E-state index in [0.717, 1.165) is 11.1 Å². The number of aromatic amines is 1. The lowest BCUT2D eigenvalue weighted by atomic mass is 10.2. The van der Waals surface area contributed by atoms with Gasteiger partial charge in [-0.05, 0) is 36.2 Å². The average molecular weight is 377 g/mol. The SMILES string of the molecule is CCOc1cc(CNc2ncn[nH]2)c(Cl)cc1OCc1ccc(F)cc1. The molecular weight excluding hydrogens is 359 g/mol. The predicted molar refractivity (Wildman–Crippen MR) is 97.1 cm³/mol. The van der Waals surface area contributed by atoms with Crippen LogP contribution < -0.4 is 14.8 Å². The van der Waals surface area contributed by atoms with Crippen molar-refractivity contribution in [2.75, 3.05) is 11.9 Å². The molecule has 8 heteroatoms. The lowest BCUT2D eigenvalue weighted by Gasteiger charge is -2.15. The molecule has 0 saturated carbocycles. The summed E-state index contributed by atoms with van der Waals surface area (Å²) in [5.41, 5.74) is 1.68. The summed E-state index contributed by atoms with van der Waals surface area (Å²) in [6.07, 6.45) is 1.42. The molecule has 1 heterocycles. The Morgan fingerprint density at radius 2 is 1.92 bits per heavy atom. The molecule has 3 rings (SSSR count). The second kappa shape index (κ2) is 8.53. The first-order valence-corrected chi connectivity index (χ1v) is 8.45. The van der Waals surface area contributed by atoms with Crippen LogP contribution in [0.15, 0.2) is 42.7 Å². The van der Waals surface area contributed by atoms with Crippen molar-refractivity contribution in [2.45, 2.75) is 20.1 Å². The van der Waals surface area contributed by atoms with Crippen LogP contribution in [0.1, 0.15) is 18.1 Å². The van der Waals surface area contributed by atoms with Gasteiger partial charge in [-0.3, -0.25) is 0 Å². The van der Waals surface area contributed by atoms with Crippen LogP contribution in [0.2, 0.25) is 5.02 Å². The predicted octanol–water partition coefficient (Wildman–Crippen LogP) is 4.19. The van der Waals surface area contributed by atoms with Crippen molar-refractivity contribution in [1.82, 2.24) is 15.2 Å². The highest BCUT2D eigenvalue weighted by molar-refractivity contribution is 6.31. The van der Waals surface area contributed by atoms with Crippen molar-refractivity contribution < 1.29 is 13.9 Å².